The smallest absolute Gasteiger partial charge is 0.421 e. The molecule has 0 aromatic carbocycles. The molecule has 1 aliphatic rings. The average molecular weight is 315 g/mol. The maximum atomic E-state index is 11.8. The normalized spacial score (nSPS) is 16.2. The third-order valence-corrected chi connectivity index (χ3v) is 3.93. The predicted molar refractivity (Wildman–Crippen MR) is 62.6 cm³/mol. The number of carbonyl (C=O) groups is 1. The van der Waals surface area contributed by atoms with Gasteiger partial charge in [-0.05, 0) is 19.8 Å². The Hall–Kier alpha value is -0.340. The molecule has 1 saturated carbocycles. The topological polar surface area (TPSA) is 75.7 Å². The molecule has 1 fully saturated rings. The molecule has 1 aliphatic carbocycles. The van der Waals surface area contributed by atoms with E-state index in [1.54, 1.807) is 6.92 Å². The zero-order chi connectivity index (χ0) is 12.2. The molecule has 0 saturated heterocycles. The van der Waals surface area contributed by atoms with Crippen molar-refractivity contribution in [2.24, 2.45) is 0 Å². The summed E-state index contributed by atoms with van der Waals surface area (Å²) < 4.78 is 31.3. The highest BCUT2D eigenvalue weighted by Gasteiger charge is 2.37. The van der Waals surface area contributed by atoms with Gasteiger partial charge in [0, 0.05) is 17.9 Å². The number of halogens is 1. The standard InChI is InChI=1S/C8H15BrN2O4S/c1-2-15-8(12)10-16(13,14)11(6-5-9)7-3-4-7/h7H,2-6H2,1H3,(H,10,12). The summed E-state index contributed by atoms with van der Waals surface area (Å²) >= 11 is 3.19. The van der Waals surface area contributed by atoms with Crippen LogP contribution in [-0.2, 0) is 14.9 Å². The highest BCUT2D eigenvalue weighted by Crippen LogP contribution is 2.28. The van der Waals surface area contributed by atoms with Gasteiger partial charge >= 0.3 is 16.3 Å². The van der Waals surface area contributed by atoms with Gasteiger partial charge in [-0.1, -0.05) is 15.9 Å². The fourth-order valence-electron chi connectivity index (χ4n) is 1.27. The Bertz CT molecular complexity index is 342. The van der Waals surface area contributed by atoms with E-state index in [1.165, 1.54) is 4.31 Å². The highest BCUT2D eigenvalue weighted by atomic mass is 79.9. The van der Waals surface area contributed by atoms with Crippen molar-refractivity contribution in [2.45, 2.75) is 25.8 Å². The Morgan fingerprint density at radius 1 is 1.56 bits per heavy atom. The van der Waals surface area contributed by atoms with Crippen molar-refractivity contribution in [3.8, 4) is 0 Å². The largest absolute Gasteiger partial charge is 0.449 e. The van der Waals surface area contributed by atoms with E-state index in [0.717, 1.165) is 12.8 Å². The van der Waals surface area contributed by atoms with Gasteiger partial charge in [0.2, 0.25) is 0 Å². The first kappa shape index (κ1) is 13.7. The Labute approximate surface area is 104 Å². The predicted octanol–water partition coefficient (Wildman–Crippen LogP) is 0.837. The lowest BCUT2D eigenvalue weighted by atomic mass is 10.6. The molecular weight excluding hydrogens is 300 g/mol. The summed E-state index contributed by atoms with van der Waals surface area (Å²) in [4.78, 5) is 11.1. The molecule has 1 amide bonds. The average Bonchev–Trinajstić information content (AvgIpc) is 2.96. The lowest BCUT2D eigenvalue weighted by molar-refractivity contribution is 0.158. The van der Waals surface area contributed by atoms with Crippen molar-refractivity contribution < 1.29 is 17.9 Å². The van der Waals surface area contributed by atoms with Crippen LogP contribution >= 0.6 is 15.9 Å². The van der Waals surface area contributed by atoms with Crippen LogP contribution in [-0.4, -0.2) is 43.3 Å². The second-order valence-electron chi connectivity index (χ2n) is 3.36. The Balaban J connectivity index is 2.62. The zero-order valence-corrected chi connectivity index (χ0v) is 11.4. The summed E-state index contributed by atoms with van der Waals surface area (Å²) in [6, 6.07) is 0.0180. The molecular formula is C8H15BrN2O4S. The molecule has 94 valence electrons. The molecule has 0 atom stereocenters. The van der Waals surface area contributed by atoms with Crippen molar-refractivity contribution in [1.29, 1.82) is 0 Å². The third-order valence-electron chi connectivity index (χ3n) is 2.06. The van der Waals surface area contributed by atoms with Crippen LogP contribution in [0.15, 0.2) is 0 Å². The number of rotatable bonds is 6. The summed E-state index contributed by atoms with van der Waals surface area (Å²) in [5.41, 5.74) is 0. The molecule has 0 aliphatic heterocycles. The van der Waals surface area contributed by atoms with Crippen molar-refractivity contribution in [2.75, 3.05) is 18.5 Å². The molecule has 0 aromatic heterocycles. The molecule has 6 nitrogen and oxygen atoms in total. The van der Waals surface area contributed by atoms with E-state index in [1.807, 2.05) is 4.72 Å². The van der Waals surface area contributed by atoms with Gasteiger partial charge < -0.3 is 4.74 Å². The minimum Gasteiger partial charge on any atom is -0.449 e. The number of hydrogen-bond donors (Lipinski definition) is 1. The van der Waals surface area contributed by atoms with E-state index in [9.17, 15) is 13.2 Å². The Morgan fingerprint density at radius 3 is 2.62 bits per heavy atom. The van der Waals surface area contributed by atoms with Crippen LogP contribution in [0.4, 0.5) is 4.79 Å². The summed E-state index contributed by atoms with van der Waals surface area (Å²) in [7, 11) is -3.76. The minimum absolute atomic E-state index is 0.0180. The number of ether oxygens (including phenoxy) is 1. The van der Waals surface area contributed by atoms with Crippen LogP contribution in [0, 0.1) is 0 Å². The number of nitrogens with one attached hydrogen (secondary N) is 1. The number of hydrogen-bond acceptors (Lipinski definition) is 4. The van der Waals surface area contributed by atoms with Crippen molar-refractivity contribution in [3.63, 3.8) is 0 Å². The van der Waals surface area contributed by atoms with Gasteiger partial charge in [-0.25, -0.2) is 9.52 Å². The highest BCUT2D eigenvalue weighted by molar-refractivity contribution is 9.09. The van der Waals surface area contributed by atoms with Gasteiger partial charge in [-0.15, -0.1) is 0 Å². The fourth-order valence-corrected chi connectivity index (χ4v) is 3.21. The van der Waals surface area contributed by atoms with E-state index in [2.05, 4.69) is 20.7 Å². The van der Waals surface area contributed by atoms with E-state index in [4.69, 9.17) is 0 Å². The SMILES string of the molecule is CCOC(=O)NS(=O)(=O)N(CCBr)C1CC1. The van der Waals surface area contributed by atoms with Gasteiger partial charge in [0.15, 0.2) is 0 Å². The first-order chi connectivity index (χ1) is 7.51. The maximum Gasteiger partial charge on any atom is 0.421 e. The number of carbonyl (C=O) groups excluding carboxylic acids is 1. The van der Waals surface area contributed by atoms with Crippen LogP contribution in [0.1, 0.15) is 19.8 Å². The number of amides is 1. The Morgan fingerprint density at radius 2 is 2.19 bits per heavy atom. The van der Waals surface area contributed by atoms with E-state index in [0.29, 0.717) is 11.9 Å². The second kappa shape index (κ2) is 5.83. The van der Waals surface area contributed by atoms with Gasteiger partial charge in [0.25, 0.3) is 0 Å². The lowest BCUT2D eigenvalue weighted by Crippen LogP contribution is -2.45. The molecule has 1 rings (SSSR count). The zero-order valence-electron chi connectivity index (χ0n) is 8.98. The van der Waals surface area contributed by atoms with Crippen LogP contribution in [0.2, 0.25) is 0 Å². The maximum absolute atomic E-state index is 11.8. The summed E-state index contributed by atoms with van der Waals surface area (Å²) in [6.07, 6.45) is 0.760. The van der Waals surface area contributed by atoms with Crippen LogP contribution in [0.25, 0.3) is 0 Å². The monoisotopic (exact) mass is 314 g/mol. The van der Waals surface area contributed by atoms with Gasteiger partial charge in [0.1, 0.15) is 0 Å². The lowest BCUT2D eigenvalue weighted by Gasteiger charge is -2.20. The molecule has 0 unspecified atom stereocenters. The van der Waals surface area contributed by atoms with E-state index >= 15 is 0 Å². The number of alkyl halides is 1. The Kier molecular flexibility index (Phi) is 5.00. The first-order valence-electron chi connectivity index (χ1n) is 5.03. The molecule has 0 heterocycles. The molecule has 0 radical (unpaired) electrons. The van der Waals surface area contributed by atoms with Crippen LogP contribution in [0.5, 0.6) is 0 Å². The minimum atomic E-state index is -3.76. The van der Waals surface area contributed by atoms with E-state index in [-0.39, 0.29) is 12.6 Å². The van der Waals surface area contributed by atoms with Gasteiger partial charge in [-0.2, -0.15) is 12.7 Å². The van der Waals surface area contributed by atoms with Crippen molar-refractivity contribution >= 4 is 32.2 Å². The third kappa shape index (κ3) is 3.91. The summed E-state index contributed by atoms with van der Waals surface area (Å²) in [5.74, 6) is 0. The summed E-state index contributed by atoms with van der Waals surface area (Å²) in [6.45, 7) is 2.10. The van der Waals surface area contributed by atoms with Crippen molar-refractivity contribution in [1.82, 2.24) is 9.03 Å². The molecule has 16 heavy (non-hydrogen) atoms. The molecule has 8 heteroatoms. The van der Waals surface area contributed by atoms with Gasteiger partial charge in [-0.3, -0.25) is 0 Å². The second-order valence-corrected chi connectivity index (χ2v) is 5.77. The first-order valence-corrected chi connectivity index (χ1v) is 7.59. The van der Waals surface area contributed by atoms with Gasteiger partial charge in [0.05, 0.1) is 6.61 Å². The molecule has 1 N–H and O–H groups in total. The summed E-state index contributed by atoms with van der Waals surface area (Å²) in [5, 5.41) is 0.535. The fraction of sp³-hybridized carbons (Fsp3) is 0.875. The van der Waals surface area contributed by atoms with E-state index < -0.39 is 16.3 Å². The van der Waals surface area contributed by atoms with Crippen LogP contribution < -0.4 is 4.72 Å². The van der Waals surface area contributed by atoms with Crippen molar-refractivity contribution in [3.05, 3.63) is 0 Å². The number of nitrogens with zero attached hydrogens (tertiary/aromatic N) is 1. The van der Waals surface area contributed by atoms with Crippen LogP contribution in [0.3, 0.4) is 0 Å². The molecule has 0 spiro atoms. The molecule has 0 bridgehead atoms. The quantitative estimate of drug-likeness (QED) is 0.737. The molecule has 0 aromatic rings.